The van der Waals surface area contributed by atoms with Crippen molar-refractivity contribution in [2.45, 2.75) is 88.4 Å². The van der Waals surface area contributed by atoms with Crippen LogP contribution < -0.4 is 44.6 Å². The van der Waals surface area contributed by atoms with E-state index in [0.717, 1.165) is 0 Å². The summed E-state index contributed by atoms with van der Waals surface area (Å²) in [6.07, 6.45) is -62.1. The van der Waals surface area contributed by atoms with Gasteiger partial charge in [-0.15, -0.1) is 79.0 Å². The van der Waals surface area contributed by atoms with E-state index >= 15 is 0 Å². The van der Waals surface area contributed by atoms with Crippen molar-refractivity contribution in [3.63, 3.8) is 0 Å². The Morgan fingerprint density at radius 2 is 0.562 bits per heavy atom. The highest BCUT2D eigenvalue weighted by molar-refractivity contribution is 5.82. The van der Waals surface area contributed by atoms with Crippen molar-refractivity contribution in [1.29, 1.82) is 0 Å². The Labute approximate surface area is 365 Å². The topological polar surface area (TPSA) is 132 Å². The van der Waals surface area contributed by atoms with Gasteiger partial charge < -0.3 is 53.6 Å². The zero-order valence-electron chi connectivity index (χ0n) is 32.1. The number of quaternary nitrogens is 2. The quantitative estimate of drug-likeness (QED) is 0.0476. The molecule has 0 aromatic rings. The molecular formula is C26H34Br2F22N4O10. The summed E-state index contributed by atoms with van der Waals surface area (Å²) < 4.78 is 300. The fourth-order valence-corrected chi connectivity index (χ4v) is 4.27. The molecule has 0 fully saturated rings. The molecule has 0 aliphatic carbocycles. The number of nitrogens with zero attached hydrogens (tertiary/aromatic N) is 2. The van der Waals surface area contributed by atoms with Gasteiger partial charge in [-0.2, -0.15) is 27.0 Å². The molecule has 0 radical (unpaired) electrons. The molecule has 0 aromatic carbocycles. The highest BCUT2D eigenvalue weighted by Gasteiger charge is 2.62. The van der Waals surface area contributed by atoms with Crippen LogP contribution in [0.15, 0.2) is 0 Å². The van der Waals surface area contributed by atoms with Crippen LogP contribution in [0.3, 0.4) is 0 Å². The Morgan fingerprint density at radius 1 is 0.359 bits per heavy atom. The number of unbranched alkanes of at least 4 members (excludes halogenated alkanes) is 1. The second-order valence-corrected chi connectivity index (χ2v) is 13.2. The monoisotopic (exact) mass is 1140 g/mol. The van der Waals surface area contributed by atoms with E-state index in [1.54, 1.807) is 37.7 Å². The first-order chi connectivity index (χ1) is 27.1. The van der Waals surface area contributed by atoms with E-state index < -0.39 is 87.6 Å². The largest absolute Gasteiger partial charge is 1.00 e. The fourth-order valence-electron chi connectivity index (χ4n) is 4.27. The van der Waals surface area contributed by atoms with Crippen LogP contribution in [0, 0.1) is 0 Å². The molecule has 0 saturated carbocycles. The number of hydrogen-bond acceptors (Lipinski definition) is 10. The summed E-state index contributed by atoms with van der Waals surface area (Å²) in [7, 11) is 6.38. The molecule has 14 nitrogen and oxygen atoms in total. The third-order valence-corrected chi connectivity index (χ3v) is 6.67. The SMILES string of the molecule is C[N+](C)(CCCC[N+](C)(C)CCCNC(=O)C(F)(F)OC(F)(F)OC(F)(F)OC(F)(F)OC(F)(F)F)CCCNC(=O)C(F)(F)OC(F)(F)OC(F)(F)OC(F)(F)OC(F)(F)F.[Br-].[Br-]. The van der Waals surface area contributed by atoms with Crippen molar-refractivity contribution in [2.75, 3.05) is 67.5 Å². The number of rotatable bonds is 29. The molecular weight excluding hydrogens is 1110 g/mol. The number of alkyl halides is 22. The Balaban J connectivity index is -0.0000186. The third-order valence-electron chi connectivity index (χ3n) is 6.67. The number of nitrogens with one attached hydrogen (secondary N) is 2. The summed E-state index contributed by atoms with van der Waals surface area (Å²) >= 11 is 0. The van der Waals surface area contributed by atoms with Gasteiger partial charge in [0.05, 0.1) is 54.4 Å². The van der Waals surface area contributed by atoms with Crippen LogP contribution in [0.2, 0.25) is 0 Å². The molecule has 386 valence electrons. The number of halogens is 24. The Hall–Kier alpha value is -2.04. The summed E-state index contributed by atoms with van der Waals surface area (Å²) in [6, 6.07) is 0. The molecule has 2 N–H and O–H groups in total. The first kappa shape index (κ1) is 66.2. The smallest absolute Gasteiger partial charge is 0.529 e. The molecule has 0 heterocycles. The van der Waals surface area contributed by atoms with E-state index in [0.29, 0.717) is 25.9 Å². The predicted molar refractivity (Wildman–Crippen MR) is 149 cm³/mol. The minimum atomic E-state index is -6.48. The molecule has 0 spiro atoms. The van der Waals surface area contributed by atoms with E-state index in [9.17, 15) is 106 Å². The highest BCUT2D eigenvalue weighted by Crippen LogP contribution is 2.41. The van der Waals surface area contributed by atoms with Gasteiger partial charge in [-0.25, -0.2) is 28.4 Å². The average Bonchev–Trinajstić information content (AvgIpc) is 2.93. The molecule has 0 aliphatic heterocycles. The average molecular weight is 1140 g/mol. The minimum Gasteiger partial charge on any atom is -1.00 e. The molecule has 0 unspecified atom stereocenters. The number of ether oxygens (including phenoxy) is 8. The summed E-state index contributed by atoms with van der Waals surface area (Å²) in [5.74, 6) is -5.38. The van der Waals surface area contributed by atoms with E-state index in [-0.39, 0.29) is 68.9 Å². The lowest BCUT2D eigenvalue weighted by atomic mass is 10.2. The van der Waals surface area contributed by atoms with Gasteiger partial charge in [-0.1, -0.05) is 0 Å². The zero-order chi connectivity index (χ0) is 49.3. The van der Waals surface area contributed by atoms with Gasteiger partial charge in [0, 0.05) is 38.8 Å². The predicted octanol–water partition coefficient (Wildman–Crippen LogP) is 0.600. The van der Waals surface area contributed by atoms with Crippen LogP contribution in [-0.4, -0.2) is 151 Å². The van der Waals surface area contributed by atoms with E-state index in [1.165, 1.54) is 10.6 Å². The van der Waals surface area contributed by atoms with Crippen molar-refractivity contribution >= 4 is 11.8 Å². The highest BCUT2D eigenvalue weighted by atomic mass is 79.9. The summed E-state index contributed by atoms with van der Waals surface area (Å²) in [5.41, 5.74) is 0. The van der Waals surface area contributed by atoms with Crippen molar-refractivity contribution in [3.8, 4) is 0 Å². The fraction of sp³-hybridized carbons (Fsp3) is 0.923. The second-order valence-electron chi connectivity index (χ2n) is 13.2. The molecule has 2 amide bonds. The molecule has 38 heteroatoms. The van der Waals surface area contributed by atoms with E-state index in [2.05, 4.69) is 18.9 Å². The molecule has 0 aliphatic rings. The van der Waals surface area contributed by atoms with Crippen LogP contribution in [-0.2, 0) is 47.5 Å². The lowest BCUT2D eigenvalue weighted by molar-refractivity contribution is -0.896. The molecule has 0 rings (SSSR count). The third kappa shape index (κ3) is 30.3. The molecule has 64 heavy (non-hydrogen) atoms. The van der Waals surface area contributed by atoms with Gasteiger partial charge in [-0.05, 0) is 0 Å². The van der Waals surface area contributed by atoms with Gasteiger partial charge in [0.1, 0.15) is 0 Å². The molecule has 0 bridgehead atoms. The van der Waals surface area contributed by atoms with E-state index in [4.69, 9.17) is 0 Å². The summed E-state index contributed by atoms with van der Waals surface area (Å²) in [6.45, 7) is -0.563. The van der Waals surface area contributed by atoms with Crippen LogP contribution >= 0.6 is 0 Å². The Bertz CT molecular complexity index is 1340. The van der Waals surface area contributed by atoms with Crippen LogP contribution in [0.4, 0.5) is 96.6 Å². The van der Waals surface area contributed by atoms with Gasteiger partial charge in [0.2, 0.25) is 0 Å². The number of hydrogen-bond donors (Lipinski definition) is 2. The number of amides is 2. The van der Waals surface area contributed by atoms with Gasteiger partial charge in [-0.3, -0.25) is 9.59 Å². The standard InChI is InChI=1S/C26H32F22N4O10.2BrH/c1-51(2,13-7-9-49-15(53)17(27,28)55-21(37,38)59-25(45,46)61-23(41,42)57-19(31,32)33)11-5-6-12-52(3,4)14-8-10-50-16(54)18(29,30)56-22(39,40)60-26(47,48)62-24(43,44)58-20(34,35)36;;/h5-14H2,1-4H3;2*1H. The van der Waals surface area contributed by atoms with E-state index in [1.807, 2.05) is 9.47 Å². The molecule has 0 saturated heterocycles. The summed E-state index contributed by atoms with van der Waals surface area (Å²) in [4.78, 5) is 23.2. The first-order valence-corrected chi connectivity index (χ1v) is 16.1. The van der Waals surface area contributed by atoms with Crippen LogP contribution in [0.1, 0.15) is 25.7 Å². The Kier molecular flexibility index (Phi) is 24.6. The molecule has 0 atom stereocenters. The van der Waals surface area contributed by atoms with Crippen molar-refractivity contribution < 1.29 is 187 Å². The van der Waals surface area contributed by atoms with Gasteiger partial charge >= 0.3 is 74.5 Å². The Morgan fingerprint density at radius 3 is 0.797 bits per heavy atom. The van der Waals surface area contributed by atoms with Crippen molar-refractivity contribution in [1.82, 2.24) is 10.6 Å². The maximum absolute atomic E-state index is 13.8. The molecule has 0 aromatic heterocycles. The second kappa shape index (κ2) is 23.8. The lowest BCUT2D eigenvalue weighted by Gasteiger charge is -2.32. The number of carbonyl (C=O) groups is 2. The van der Waals surface area contributed by atoms with Crippen LogP contribution in [0.25, 0.3) is 0 Å². The summed E-state index contributed by atoms with van der Waals surface area (Å²) in [5, 5.41) is 2.80. The van der Waals surface area contributed by atoms with Crippen molar-refractivity contribution in [3.05, 3.63) is 0 Å². The normalized spacial score (nSPS) is 14.5. The van der Waals surface area contributed by atoms with Gasteiger partial charge in [0.15, 0.2) is 0 Å². The lowest BCUT2D eigenvalue weighted by Crippen LogP contribution is -3.00. The minimum absolute atomic E-state index is 0. The van der Waals surface area contributed by atoms with Crippen molar-refractivity contribution in [2.24, 2.45) is 0 Å². The number of carbonyl (C=O) groups excluding carboxylic acids is 2. The first-order valence-electron chi connectivity index (χ1n) is 16.1. The maximum Gasteiger partial charge on any atom is 0.529 e. The van der Waals surface area contributed by atoms with Gasteiger partial charge in [0.25, 0.3) is 0 Å². The zero-order valence-corrected chi connectivity index (χ0v) is 35.3. The maximum atomic E-state index is 13.8. The van der Waals surface area contributed by atoms with Crippen LogP contribution in [0.5, 0.6) is 0 Å².